The minimum atomic E-state index is 0.525. The molecule has 0 saturated heterocycles. The van der Waals surface area contributed by atoms with Crippen LogP contribution in [0.5, 0.6) is 0 Å². The molecule has 0 unspecified atom stereocenters. The molecule has 0 aromatic carbocycles. The second kappa shape index (κ2) is 4.01. The van der Waals surface area contributed by atoms with Gasteiger partial charge in [-0.3, -0.25) is 0 Å². The van der Waals surface area contributed by atoms with E-state index in [2.05, 4.69) is 43.9 Å². The number of hydrogen-bond donors (Lipinski definition) is 0. The summed E-state index contributed by atoms with van der Waals surface area (Å²) in [5.74, 6) is 0.525. The van der Waals surface area contributed by atoms with Crippen molar-refractivity contribution in [3.05, 3.63) is 23.4 Å². The number of aromatic nitrogens is 2. The zero-order chi connectivity index (χ0) is 10.0. The van der Waals surface area contributed by atoms with E-state index in [1.807, 2.05) is 5.41 Å². The first-order valence-electron chi connectivity index (χ1n) is 4.38. The van der Waals surface area contributed by atoms with Crippen LogP contribution in [0.4, 0.5) is 0 Å². The third-order valence-corrected chi connectivity index (χ3v) is 2.76. The van der Waals surface area contributed by atoms with Crippen LogP contribution in [0.25, 0.3) is 0 Å². The normalized spacial score (nSPS) is 10.8. The third-order valence-electron chi connectivity index (χ3n) is 2.02. The van der Waals surface area contributed by atoms with Gasteiger partial charge in [0.1, 0.15) is 0 Å². The Hall–Kier alpha value is -0.700. The Kier molecular flexibility index (Phi) is 3.20. The maximum absolute atomic E-state index is 4.48. The number of nitrogens with zero attached hydrogens (tertiary/aromatic N) is 2. The molecule has 1 aromatic rings. The molecule has 72 valence electrons. The highest BCUT2D eigenvalue weighted by molar-refractivity contribution is 8.02. The average Bonchev–Trinajstić information content (AvgIpc) is 2.28. The number of imidazole rings is 1. The van der Waals surface area contributed by atoms with Gasteiger partial charge in [0.05, 0.1) is 5.69 Å². The highest BCUT2D eigenvalue weighted by Crippen LogP contribution is 2.25. The molecule has 0 amide bonds. The average molecular weight is 196 g/mol. The van der Waals surface area contributed by atoms with Gasteiger partial charge in [-0.15, -0.1) is 0 Å². The van der Waals surface area contributed by atoms with Crippen LogP contribution in [0.1, 0.15) is 31.2 Å². The van der Waals surface area contributed by atoms with E-state index in [0.29, 0.717) is 5.92 Å². The number of thioether (sulfide) groups is 1. The molecule has 2 nitrogen and oxygen atoms in total. The summed E-state index contributed by atoms with van der Waals surface area (Å²) in [6.45, 7) is 10.1. The van der Waals surface area contributed by atoms with Crippen LogP contribution in [0.3, 0.4) is 0 Å². The van der Waals surface area contributed by atoms with Gasteiger partial charge in [0.2, 0.25) is 0 Å². The van der Waals surface area contributed by atoms with Crippen molar-refractivity contribution in [1.29, 1.82) is 0 Å². The molecular formula is C10H16N2S. The SMILES string of the molecule is C=CSc1nc(C)c(C(C)C)n1C. The summed E-state index contributed by atoms with van der Waals surface area (Å²) in [4.78, 5) is 4.48. The Morgan fingerprint density at radius 1 is 1.54 bits per heavy atom. The summed E-state index contributed by atoms with van der Waals surface area (Å²) in [7, 11) is 2.06. The first-order valence-corrected chi connectivity index (χ1v) is 5.26. The Bertz CT molecular complexity index is 313. The minimum Gasteiger partial charge on any atom is -0.325 e. The molecule has 0 aliphatic carbocycles. The lowest BCUT2D eigenvalue weighted by atomic mass is 10.1. The molecule has 0 atom stereocenters. The van der Waals surface area contributed by atoms with Gasteiger partial charge < -0.3 is 4.57 Å². The number of aryl methyl sites for hydroxylation is 1. The van der Waals surface area contributed by atoms with Gasteiger partial charge in [-0.2, -0.15) is 0 Å². The molecule has 0 aliphatic heterocycles. The van der Waals surface area contributed by atoms with Crippen molar-refractivity contribution in [2.45, 2.75) is 31.8 Å². The Labute approximate surface area is 84.1 Å². The summed E-state index contributed by atoms with van der Waals surface area (Å²) in [5.41, 5.74) is 2.44. The number of rotatable bonds is 3. The van der Waals surface area contributed by atoms with Crippen molar-refractivity contribution in [1.82, 2.24) is 9.55 Å². The van der Waals surface area contributed by atoms with Crippen LogP contribution in [-0.2, 0) is 7.05 Å². The van der Waals surface area contributed by atoms with E-state index in [4.69, 9.17) is 0 Å². The van der Waals surface area contributed by atoms with Crippen LogP contribution in [-0.4, -0.2) is 9.55 Å². The topological polar surface area (TPSA) is 17.8 Å². The Morgan fingerprint density at radius 2 is 2.15 bits per heavy atom. The van der Waals surface area contributed by atoms with Crippen LogP contribution in [0.15, 0.2) is 17.1 Å². The predicted octanol–water partition coefficient (Wildman–Crippen LogP) is 3.09. The van der Waals surface area contributed by atoms with Gasteiger partial charge in [0.25, 0.3) is 0 Å². The summed E-state index contributed by atoms with van der Waals surface area (Å²) < 4.78 is 2.15. The lowest BCUT2D eigenvalue weighted by Gasteiger charge is -2.07. The van der Waals surface area contributed by atoms with Gasteiger partial charge >= 0.3 is 0 Å². The molecule has 0 spiro atoms. The van der Waals surface area contributed by atoms with Crippen molar-refractivity contribution in [2.24, 2.45) is 7.05 Å². The van der Waals surface area contributed by atoms with Crippen molar-refractivity contribution in [3.63, 3.8) is 0 Å². The molecule has 0 fully saturated rings. The fourth-order valence-corrected chi connectivity index (χ4v) is 2.20. The largest absolute Gasteiger partial charge is 0.325 e. The molecule has 1 rings (SSSR count). The lowest BCUT2D eigenvalue weighted by molar-refractivity contribution is 0.690. The van der Waals surface area contributed by atoms with E-state index in [1.165, 1.54) is 5.69 Å². The van der Waals surface area contributed by atoms with E-state index in [9.17, 15) is 0 Å². The van der Waals surface area contributed by atoms with Gasteiger partial charge in [0.15, 0.2) is 5.16 Å². The Morgan fingerprint density at radius 3 is 2.54 bits per heavy atom. The molecular weight excluding hydrogens is 180 g/mol. The van der Waals surface area contributed by atoms with E-state index in [1.54, 1.807) is 11.8 Å². The lowest BCUT2D eigenvalue weighted by Crippen LogP contribution is -2.00. The highest BCUT2D eigenvalue weighted by atomic mass is 32.2. The Balaban J connectivity index is 3.14. The zero-order valence-electron chi connectivity index (χ0n) is 8.66. The molecule has 0 saturated carbocycles. The summed E-state index contributed by atoms with van der Waals surface area (Å²) in [6, 6.07) is 0. The van der Waals surface area contributed by atoms with E-state index in [-0.39, 0.29) is 0 Å². The quantitative estimate of drug-likeness (QED) is 0.691. The summed E-state index contributed by atoms with van der Waals surface area (Å²) in [5, 5.41) is 2.84. The van der Waals surface area contributed by atoms with E-state index in [0.717, 1.165) is 10.9 Å². The van der Waals surface area contributed by atoms with Crippen molar-refractivity contribution < 1.29 is 0 Å². The van der Waals surface area contributed by atoms with Crippen molar-refractivity contribution in [2.75, 3.05) is 0 Å². The van der Waals surface area contributed by atoms with Crippen LogP contribution < -0.4 is 0 Å². The molecule has 1 heterocycles. The molecule has 0 aliphatic rings. The second-order valence-corrected chi connectivity index (χ2v) is 4.30. The van der Waals surface area contributed by atoms with Crippen LogP contribution >= 0.6 is 11.8 Å². The fraction of sp³-hybridized carbons (Fsp3) is 0.500. The van der Waals surface area contributed by atoms with Gasteiger partial charge in [-0.1, -0.05) is 32.2 Å². The first kappa shape index (κ1) is 10.4. The maximum Gasteiger partial charge on any atom is 0.172 e. The first-order chi connectivity index (χ1) is 6.07. The smallest absolute Gasteiger partial charge is 0.172 e. The molecule has 3 heteroatoms. The van der Waals surface area contributed by atoms with E-state index < -0.39 is 0 Å². The molecule has 0 N–H and O–H groups in total. The monoisotopic (exact) mass is 196 g/mol. The van der Waals surface area contributed by atoms with Crippen LogP contribution in [0, 0.1) is 6.92 Å². The highest BCUT2D eigenvalue weighted by Gasteiger charge is 2.13. The van der Waals surface area contributed by atoms with Crippen molar-refractivity contribution in [3.8, 4) is 0 Å². The van der Waals surface area contributed by atoms with Gasteiger partial charge in [0, 0.05) is 12.7 Å². The van der Waals surface area contributed by atoms with Gasteiger partial charge in [-0.25, -0.2) is 4.98 Å². The fourth-order valence-electron chi connectivity index (χ4n) is 1.61. The maximum atomic E-state index is 4.48. The standard InChI is InChI=1S/C10H16N2S/c1-6-13-10-11-8(4)9(7(2)3)12(10)5/h6-7H,1H2,2-5H3. The van der Waals surface area contributed by atoms with Gasteiger partial charge in [-0.05, 0) is 18.2 Å². The minimum absolute atomic E-state index is 0.525. The van der Waals surface area contributed by atoms with E-state index >= 15 is 0 Å². The van der Waals surface area contributed by atoms with Crippen LogP contribution in [0.2, 0.25) is 0 Å². The summed E-state index contributed by atoms with van der Waals surface area (Å²) >= 11 is 1.57. The third kappa shape index (κ3) is 1.97. The number of hydrogen-bond acceptors (Lipinski definition) is 2. The molecule has 0 bridgehead atoms. The molecule has 13 heavy (non-hydrogen) atoms. The summed E-state index contributed by atoms with van der Waals surface area (Å²) in [6.07, 6.45) is 0. The zero-order valence-corrected chi connectivity index (χ0v) is 9.48. The molecule has 1 aromatic heterocycles. The second-order valence-electron chi connectivity index (χ2n) is 3.36. The predicted molar refractivity (Wildman–Crippen MR) is 58.1 cm³/mol. The van der Waals surface area contributed by atoms with Crippen molar-refractivity contribution >= 4 is 11.8 Å². The molecule has 0 radical (unpaired) electrons.